The summed E-state index contributed by atoms with van der Waals surface area (Å²) in [4.78, 5) is 25.0. The fraction of sp³-hybridized carbons (Fsp3) is 0.261. The molecule has 174 valence electrons. The van der Waals surface area contributed by atoms with Crippen molar-refractivity contribution in [3.8, 4) is 11.1 Å². The fourth-order valence-corrected chi connectivity index (χ4v) is 5.99. The number of nitrogens with zero attached hydrogens (tertiary/aromatic N) is 4. The van der Waals surface area contributed by atoms with Crippen molar-refractivity contribution in [3.05, 3.63) is 41.1 Å². The highest BCUT2D eigenvalue weighted by Gasteiger charge is 2.41. The highest BCUT2D eigenvalue weighted by molar-refractivity contribution is 7.22. The normalized spacial score (nSPS) is 20.2. The van der Waals surface area contributed by atoms with Crippen molar-refractivity contribution >= 4 is 66.5 Å². The van der Waals surface area contributed by atoms with Gasteiger partial charge in [0.2, 0.25) is 0 Å². The first-order valence-corrected chi connectivity index (χ1v) is 11.9. The Morgan fingerprint density at radius 1 is 1.26 bits per heavy atom. The first kappa shape index (κ1) is 21.5. The van der Waals surface area contributed by atoms with Gasteiger partial charge >= 0.3 is 0 Å². The lowest BCUT2D eigenvalue weighted by Crippen LogP contribution is -2.63. The van der Waals surface area contributed by atoms with E-state index in [2.05, 4.69) is 15.3 Å². The van der Waals surface area contributed by atoms with E-state index >= 15 is 8.78 Å². The van der Waals surface area contributed by atoms with Crippen LogP contribution in [0.3, 0.4) is 0 Å². The number of fused-ring (bicyclic) bond motifs is 6. The summed E-state index contributed by atoms with van der Waals surface area (Å²) in [5, 5.41) is 4.07. The van der Waals surface area contributed by atoms with Gasteiger partial charge in [-0.25, -0.2) is 13.8 Å². The minimum atomic E-state index is -0.748. The molecule has 0 unspecified atom stereocenters. The summed E-state index contributed by atoms with van der Waals surface area (Å²) < 4.78 is 31.7. The van der Waals surface area contributed by atoms with Crippen LogP contribution in [0.5, 0.6) is 0 Å². The zero-order chi connectivity index (χ0) is 23.9. The van der Waals surface area contributed by atoms with E-state index in [-0.39, 0.29) is 44.3 Å². The van der Waals surface area contributed by atoms with Crippen molar-refractivity contribution in [2.45, 2.75) is 19.0 Å². The molecule has 0 aliphatic carbocycles. The third-order valence-corrected chi connectivity index (χ3v) is 7.70. The standard InChI is InChI=1S/C23H19ClF2N6OS/c1-9-8-32-14(7-28-9)22(33)31(2)13-6-29-19-10(21(13)32)5-11(24)16(18(19)26)17-12(25)3-4-15-20(17)30-23(27)34-15/h3-6,9,14,28H,7-8H2,1-2H3,(H2,27,30)/t9-,14-/m1/s1. The number of nitrogen functional groups attached to an aromatic ring is 1. The molecule has 2 aromatic carbocycles. The number of nitrogens with one attached hydrogen (secondary N) is 1. The van der Waals surface area contributed by atoms with Crippen LogP contribution in [-0.2, 0) is 4.79 Å². The van der Waals surface area contributed by atoms with Gasteiger partial charge in [-0.2, -0.15) is 0 Å². The molecular formula is C23H19ClF2N6OS. The molecule has 6 rings (SSSR count). The van der Waals surface area contributed by atoms with E-state index in [1.807, 2.05) is 11.8 Å². The summed E-state index contributed by atoms with van der Waals surface area (Å²) >= 11 is 7.82. The Morgan fingerprint density at radius 3 is 2.85 bits per heavy atom. The van der Waals surface area contributed by atoms with E-state index in [0.29, 0.717) is 34.6 Å². The lowest BCUT2D eigenvalue weighted by molar-refractivity contribution is -0.120. The molecule has 2 aromatic heterocycles. The van der Waals surface area contributed by atoms with Gasteiger partial charge in [-0.3, -0.25) is 9.78 Å². The van der Waals surface area contributed by atoms with Crippen LogP contribution < -0.4 is 20.9 Å². The topological polar surface area (TPSA) is 87.4 Å². The number of piperazine rings is 1. The number of carbonyl (C=O) groups excluding carboxylic acids is 1. The van der Waals surface area contributed by atoms with Crippen molar-refractivity contribution in [2.24, 2.45) is 0 Å². The summed E-state index contributed by atoms with van der Waals surface area (Å²) in [5.74, 6) is -1.47. The fourth-order valence-electron chi connectivity index (χ4n) is 4.96. The van der Waals surface area contributed by atoms with Crippen LogP contribution >= 0.6 is 22.9 Å². The molecule has 1 fully saturated rings. The van der Waals surface area contributed by atoms with Crippen molar-refractivity contribution in [3.63, 3.8) is 0 Å². The summed E-state index contributed by atoms with van der Waals surface area (Å²) in [5.41, 5.74) is 7.24. The summed E-state index contributed by atoms with van der Waals surface area (Å²) in [6.07, 6.45) is 1.48. The Bertz CT molecular complexity index is 1530. The van der Waals surface area contributed by atoms with Crippen LogP contribution in [0.25, 0.3) is 32.2 Å². The van der Waals surface area contributed by atoms with Gasteiger partial charge in [-0.05, 0) is 25.1 Å². The number of carbonyl (C=O) groups is 1. The quantitative estimate of drug-likeness (QED) is 0.408. The SMILES string of the molecule is C[C@@H]1CN2c3c(cnc4c(F)c(-c5c(F)ccc6sc(N)nc56)c(Cl)cc34)N(C)C(=O)[C@H]2CN1. The number of benzene rings is 2. The first-order chi connectivity index (χ1) is 16.3. The molecule has 0 bridgehead atoms. The molecule has 7 nitrogen and oxygen atoms in total. The smallest absolute Gasteiger partial charge is 0.250 e. The van der Waals surface area contributed by atoms with Gasteiger partial charge in [0.05, 0.1) is 32.8 Å². The maximum Gasteiger partial charge on any atom is 0.250 e. The maximum absolute atomic E-state index is 16.1. The van der Waals surface area contributed by atoms with Crippen molar-refractivity contribution in [2.75, 3.05) is 35.7 Å². The third kappa shape index (κ3) is 2.92. The molecule has 2 aliphatic rings. The molecule has 1 saturated heterocycles. The average molecular weight is 501 g/mol. The lowest BCUT2D eigenvalue weighted by atomic mass is 9.97. The zero-order valence-corrected chi connectivity index (χ0v) is 19.8. The van der Waals surface area contributed by atoms with Crippen molar-refractivity contribution in [1.29, 1.82) is 0 Å². The second-order valence-corrected chi connectivity index (χ2v) is 10.1. The van der Waals surface area contributed by atoms with Crippen LogP contribution in [0.4, 0.5) is 25.3 Å². The van der Waals surface area contributed by atoms with Crippen molar-refractivity contribution in [1.82, 2.24) is 15.3 Å². The van der Waals surface area contributed by atoms with E-state index in [9.17, 15) is 4.79 Å². The Kier molecular flexibility index (Phi) is 4.71. The molecule has 0 spiro atoms. The second-order valence-electron chi connectivity index (χ2n) is 8.63. The van der Waals surface area contributed by atoms with Crippen LogP contribution in [0, 0.1) is 11.6 Å². The van der Waals surface area contributed by atoms with E-state index in [1.54, 1.807) is 24.1 Å². The summed E-state index contributed by atoms with van der Waals surface area (Å²) in [7, 11) is 1.68. The number of halogens is 3. The number of anilines is 3. The zero-order valence-electron chi connectivity index (χ0n) is 18.2. The molecule has 1 amide bonds. The highest BCUT2D eigenvalue weighted by Crippen LogP contribution is 2.46. The number of nitrogens with two attached hydrogens (primary N) is 1. The number of likely N-dealkylation sites (N-methyl/N-ethyl adjacent to an activating group) is 1. The van der Waals surface area contributed by atoms with Crippen LogP contribution in [0.2, 0.25) is 5.02 Å². The van der Waals surface area contributed by atoms with Gasteiger partial charge in [0, 0.05) is 42.7 Å². The van der Waals surface area contributed by atoms with Crippen molar-refractivity contribution < 1.29 is 13.6 Å². The third-order valence-electron chi connectivity index (χ3n) is 6.55. The lowest BCUT2D eigenvalue weighted by Gasteiger charge is -2.46. The predicted octanol–water partition coefficient (Wildman–Crippen LogP) is 4.17. The molecule has 3 N–H and O–H groups in total. The number of rotatable bonds is 1. The molecule has 2 atom stereocenters. The number of hydrogen-bond acceptors (Lipinski definition) is 7. The highest BCUT2D eigenvalue weighted by atomic mass is 35.5. The molecule has 34 heavy (non-hydrogen) atoms. The molecular weight excluding hydrogens is 482 g/mol. The average Bonchev–Trinajstić information content (AvgIpc) is 3.18. The van der Waals surface area contributed by atoms with Crippen LogP contribution in [0.1, 0.15) is 6.92 Å². The van der Waals surface area contributed by atoms with Gasteiger partial charge < -0.3 is 20.9 Å². The molecule has 11 heteroatoms. The van der Waals surface area contributed by atoms with E-state index < -0.39 is 17.7 Å². The summed E-state index contributed by atoms with van der Waals surface area (Å²) in [6.45, 7) is 3.06. The number of amides is 1. The van der Waals surface area contributed by atoms with Gasteiger partial charge in [-0.1, -0.05) is 22.9 Å². The number of thiazole rings is 1. The predicted molar refractivity (Wildman–Crippen MR) is 132 cm³/mol. The largest absolute Gasteiger partial charge is 0.375 e. The minimum absolute atomic E-state index is 0.0254. The van der Waals surface area contributed by atoms with Crippen LogP contribution in [-0.4, -0.2) is 48.1 Å². The Morgan fingerprint density at radius 2 is 2.06 bits per heavy atom. The Balaban J connectivity index is 1.65. The first-order valence-electron chi connectivity index (χ1n) is 10.7. The molecule has 4 heterocycles. The Labute approximate surface area is 202 Å². The van der Waals surface area contributed by atoms with Gasteiger partial charge in [0.15, 0.2) is 10.9 Å². The summed E-state index contributed by atoms with van der Waals surface area (Å²) in [6, 6.07) is 4.11. The molecule has 2 aliphatic heterocycles. The van der Waals surface area contributed by atoms with Crippen LogP contribution in [0.15, 0.2) is 24.4 Å². The molecule has 4 aromatic rings. The second kappa shape index (κ2) is 7.46. The van der Waals surface area contributed by atoms with Gasteiger partial charge in [0.25, 0.3) is 5.91 Å². The number of hydrogen-bond donors (Lipinski definition) is 2. The Hall–Kier alpha value is -3.08. The van der Waals surface area contributed by atoms with E-state index in [4.69, 9.17) is 17.3 Å². The molecule has 0 radical (unpaired) electrons. The van der Waals surface area contributed by atoms with E-state index in [1.165, 1.54) is 23.6 Å². The van der Waals surface area contributed by atoms with Gasteiger partial charge in [-0.15, -0.1) is 0 Å². The number of aromatic nitrogens is 2. The molecule has 0 saturated carbocycles. The minimum Gasteiger partial charge on any atom is -0.375 e. The monoisotopic (exact) mass is 500 g/mol. The maximum atomic E-state index is 16.1. The van der Waals surface area contributed by atoms with E-state index in [0.717, 1.165) is 0 Å². The number of pyridine rings is 1. The van der Waals surface area contributed by atoms with Gasteiger partial charge in [0.1, 0.15) is 17.4 Å².